The van der Waals surface area contributed by atoms with Gasteiger partial charge >= 0.3 is 0 Å². The zero-order chi connectivity index (χ0) is 11.6. The van der Waals surface area contributed by atoms with Crippen molar-refractivity contribution >= 4 is 21.7 Å². The fourth-order valence-electron chi connectivity index (χ4n) is 1.21. The molecule has 1 rings (SSSR count). The smallest absolute Gasteiger partial charge is 0.178 e. The van der Waals surface area contributed by atoms with Crippen molar-refractivity contribution in [2.75, 3.05) is 14.2 Å². The molecule has 15 heavy (non-hydrogen) atoms. The molecular weight excluding hydrogens is 264 g/mol. The lowest BCUT2D eigenvalue weighted by atomic mass is 10.1. The van der Waals surface area contributed by atoms with Gasteiger partial charge in [0.2, 0.25) is 0 Å². The van der Waals surface area contributed by atoms with Crippen LogP contribution in [-0.2, 0) is 0 Å². The van der Waals surface area contributed by atoms with Crippen molar-refractivity contribution in [3.8, 4) is 17.2 Å². The number of Topliss-reactive ketones (excluding diaryl/α,β-unsaturated/α-hetero) is 1. The zero-order valence-electron chi connectivity index (χ0n) is 8.63. The Morgan fingerprint density at radius 2 is 2.00 bits per heavy atom. The molecule has 0 saturated carbocycles. The number of hydrogen-bond acceptors (Lipinski definition) is 4. The van der Waals surface area contributed by atoms with Gasteiger partial charge in [-0.2, -0.15) is 0 Å². The molecule has 0 heterocycles. The molecule has 0 aliphatic heterocycles. The van der Waals surface area contributed by atoms with E-state index in [2.05, 4.69) is 15.9 Å². The highest BCUT2D eigenvalue weighted by atomic mass is 79.9. The average Bonchev–Trinajstić information content (AvgIpc) is 2.21. The molecule has 0 amide bonds. The largest absolute Gasteiger partial charge is 0.506 e. The van der Waals surface area contributed by atoms with E-state index in [9.17, 15) is 9.90 Å². The lowest BCUT2D eigenvalue weighted by Gasteiger charge is -2.12. The maximum absolute atomic E-state index is 11.2. The van der Waals surface area contributed by atoms with Crippen LogP contribution in [-0.4, -0.2) is 25.1 Å². The third-order valence-corrected chi connectivity index (χ3v) is 2.70. The van der Waals surface area contributed by atoms with Crippen LogP contribution in [0.2, 0.25) is 0 Å². The van der Waals surface area contributed by atoms with E-state index in [-0.39, 0.29) is 17.1 Å². The van der Waals surface area contributed by atoms with Gasteiger partial charge in [-0.1, -0.05) is 0 Å². The Morgan fingerprint density at radius 1 is 1.40 bits per heavy atom. The van der Waals surface area contributed by atoms with Crippen molar-refractivity contribution in [1.29, 1.82) is 0 Å². The van der Waals surface area contributed by atoms with Crippen molar-refractivity contribution in [2.24, 2.45) is 0 Å². The molecule has 0 spiro atoms. The van der Waals surface area contributed by atoms with Crippen LogP contribution in [0.15, 0.2) is 10.5 Å². The fourth-order valence-corrected chi connectivity index (χ4v) is 1.78. The number of methoxy groups -OCH3 is 2. The number of phenolic OH excluding ortho intramolecular Hbond substituents is 1. The molecule has 0 aromatic heterocycles. The van der Waals surface area contributed by atoms with Gasteiger partial charge in [0.15, 0.2) is 17.3 Å². The summed E-state index contributed by atoms with van der Waals surface area (Å²) >= 11 is 3.14. The minimum atomic E-state index is -0.242. The summed E-state index contributed by atoms with van der Waals surface area (Å²) in [5.41, 5.74) is 0.194. The van der Waals surface area contributed by atoms with Gasteiger partial charge in [-0.05, 0) is 28.9 Å². The Labute approximate surface area is 95.9 Å². The molecule has 1 N–H and O–H groups in total. The molecule has 5 heteroatoms. The van der Waals surface area contributed by atoms with Crippen LogP contribution >= 0.6 is 15.9 Å². The third kappa shape index (κ3) is 2.07. The molecule has 0 bridgehead atoms. The monoisotopic (exact) mass is 274 g/mol. The summed E-state index contributed by atoms with van der Waals surface area (Å²) in [6.45, 7) is 1.37. The van der Waals surface area contributed by atoms with E-state index in [0.717, 1.165) is 0 Å². The van der Waals surface area contributed by atoms with Crippen LogP contribution in [0.25, 0.3) is 0 Å². The molecule has 82 valence electrons. The molecular formula is C10H11BrO4. The van der Waals surface area contributed by atoms with Crippen LogP contribution in [0.3, 0.4) is 0 Å². The number of hydrogen-bond donors (Lipinski definition) is 1. The second kappa shape index (κ2) is 4.53. The van der Waals surface area contributed by atoms with Crippen LogP contribution in [0.1, 0.15) is 17.3 Å². The molecule has 1 aromatic carbocycles. The van der Waals surface area contributed by atoms with E-state index in [1.54, 1.807) is 0 Å². The van der Waals surface area contributed by atoms with Gasteiger partial charge < -0.3 is 14.6 Å². The SMILES string of the molecule is COc1cc(C(C)=O)c(O)c(Br)c1OC. The Morgan fingerprint density at radius 3 is 2.40 bits per heavy atom. The second-order valence-electron chi connectivity index (χ2n) is 2.88. The molecule has 0 aliphatic carbocycles. The quantitative estimate of drug-likeness (QED) is 0.860. The van der Waals surface area contributed by atoms with Crippen LogP contribution in [0, 0.1) is 0 Å². The first-order valence-corrected chi connectivity index (χ1v) is 4.96. The van der Waals surface area contributed by atoms with Gasteiger partial charge in [0.25, 0.3) is 0 Å². The first kappa shape index (κ1) is 11.8. The molecule has 0 atom stereocenters. The number of ether oxygens (including phenoxy) is 2. The molecule has 4 nitrogen and oxygen atoms in total. The third-order valence-electron chi connectivity index (χ3n) is 1.96. The number of rotatable bonds is 3. The van der Waals surface area contributed by atoms with E-state index < -0.39 is 0 Å². The van der Waals surface area contributed by atoms with Crippen molar-refractivity contribution in [1.82, 2.24) is 0 Å². The van der Waals surface area contributed by atoms with E-state index in [1.165, 1.54) is 27.2 Å². The van der Waals surface area contributed by atoms with Gasteiger partial charge in [-0.3, -0.25) is 4.79 Å². The van der Waals surface area contributed by atoms with Crippen LogP contribution in [0.4, 0.5) is 0 Å². The summed E-state index contributed by atoms with van der Waals surface area (Å²) in [6, 6.07) is 1.45. The number of carbonyl (C=O) groups is 1. The lowest BCUT2D eigenvalue weighted by Crippen LogP contribution is -1.98. The summed E-state index contributed by atoms with van der Waals surface area (Å²) in [7, 11) is 2.92. The van der Waals surface area contributed by atoms with Gasteiger partial charge in [-0.25, -0.2) is 0 Å². The van der Waals surface area contributed by atoms with Gasteiger partial charge in [0.1, 0.15) is 10.2 Å². The number of phenols is 1. The Balaban J connectivity index is 3.49. The van der Waals surface area contributed by atoms with Crippen LogP contribution < -0.4 is 9.47 Å². The Kier molecular flexibility index (Phi) is 3.57. The highest BCUT2D eigenvalue weighted by Crippen LogP contribution is 2.43. The summed E-state index contributed by atoms with van der Waals surface area (Å²) in [6.07, 6.45) is 0. The van der Waals surface area contributed by atoms with E-state index in [1.807, 2.05) is 0 Å². The van der Waals surface area contributed by atoms with Gasteiger partial charge in [-0.15, -0.1) is 0 Å². The summed E-state index contributed by atoms with van der Waals surface area (Å²) in [5.74, 6) is 0.377. The van der Waals surface area contributed by atoms with Crippen molar-refractivity contribution < 1.29 is 19.4 Å². The molecule has 0 unspecified atom stereocenters. The number of ketones is 1. The first-order chi connectivity index (χ1) is 7.02. The molecule has 0 fully saturated rings. The predicted molar refractivity (Wildman–Crippen MR) is 58.9 cm³/mol. The number of carbonyl (C=O) groups excluding carboxylic acids is 1. The molecule has 0 saturated heterocycles. The highest BCUT2D eigenvalue weighted by Gasteiger charge is 2.19. The van der Waals surface area contributed by atoms with Crippen molar-refractivity contribution in [3.63, 3.8) is 0 Å². The zero-order valence-corrected chi connectivity index (χ0v) is 10.2. The van der Waals surface area contributed by atoms with Crippen molar-refractivity contribution in [2.45, 2.75) is 6.92 Å². The fraction of sp³-hybridized carbons (Fsp3) is 0.300. The summed E-state index contributed by atoms with van der Waals surface area (Å²) < 4.78 is 10.4. The predicted octanol–water partition coefficient (Wildman–Crippen LogP) is 2.37. The number of halogens is 1. The lowest BCUT2D eigenvalue weighted by molar-refractivity contribution is 0.101. The topological polar surface area (TPSA) is 55.8 Å². The minimum absolute atomic E-state index is 0.139. The van der Waals surface area contributed by atoms with Gasteiger partial charge in [0, 0.05) is 0 Å². The molecule has 0 radical (unpaired) electrons. The summed E-state index contributed by atoms with van der Waals surface area (Å²) in [5, 5.41) is 9.70. The molecule has 1 aromatic rings. The van der Waals surface area contributed by atoms with Crippen LogP contribution in [0.5, 0.6) is 17.2 Å². The average molecular weight is 275 g/mol. The number of benzene rings is 1. The maximum Gasteiger partial charge on any atom is 0.178 e. The van der Waals surface area contributed by atoms with E-state index >= 15 is 0 Å². The van der Waals surface area contributed by atoms with Crippen molar-refractivity contribution in [3.05, 3.63) is 16.1 Å². The summed E-state index contributed by atoms with van der Waals surface area (Å²) in [4.78, 5) is 11.2. The highest BCUT2D eigenvalue weighted by molar-refractivity contribution is 9.10. The Hall–Kier alpha value is -1.23. The van der Waals surface area contributed by atoms with Gasteiger partial charge in [0.05, 0.1) is 19.8 Å². The second-order valence-corrected chi connectivity index (χ2v) is 3.67. The van der Waals surface area contributed by atoms with E-state index in [0.29, 0.717) is 16.0 Å². The maximum atomic E-state index is 11.2. The first-order valence-electron chi connectivity index (χ1n) is 4.17. The van der Waals surface area contributed by atoms with E-state index in [4.69, 9.17) is 9.47 Å². The normalized spacial score (nSPS) is 9.87. The Bertz CT molecular complexity index is 401. The minimum Gasteiger partial charge on any atom is -0.506 e. The molecule has 0 aliphatic rings. The number of aromatic hydroxyl groups is 1. The standard InChI is InChI=1S/C10H11BrO4/c1-5(12)6-4-7(14-2)10(15-3)8(11)9(6)13/h4,13H,1-3H3.